The average Bonchev–Trinajstić information content (AvgIpc) is 2.56. The van der Waals surface area contributed by atoms with Crippen LogP contribution in [0.15, 0.2) is 36.5 Å². The van der Waals surface area contributed by atoms with Crippen molar-refractivity contribution in [3.05, 3.63) is 42.1 Å². The highest BCUT2D eigenvalue weighted by atomic mass is 16.5. The smallest absolute Gasteiger partial charge is 0.0705 e. The molecule has 0 bridgehead atoms. The number of benzene rings is 1. The van der Waals surface area contributed by atoms with Crippen LogP contribution in [0, 0.1) is 0 Å². The summed E-state index contributed by atoms with van der Waals surface area (Å²) >= 11 is 0. The van der Waals surface area contributed by atoms with Gasteiger partial charge in [0.05, 0.1) is 18.2 Å². The molecule has 0 saturated heterocycles. The van der Waals surface area contributed by atoms with Gasteiger partial charge < -0.3 is 10.1 Å². The third-order valence-electron chi connectivity index (χ3n) is 4.24. The number of rotatable bonds is 6. The molecule has 0 spiro atoms. The second-order valence-corrected chi connectivity index (χ2v) is 5.79. The maximum Gasteiger partial charge on any atom is 0.0705 e. The van der Waals surface area contributed by atoms with Gasteiger partial charge in [-0.2, -0.15) is 0 Å². The van der Waals surface area contributed by atoms with Crippen LogP contribution >= 0.6 is 0 Å². The molecule has 1 aromatic heterocycles. The van der Waals surface area contributed by atoms with E-state index in [0.717, 1.165) is 25.2 Å². The zero-order valence-corrected chi connectivity index (χ0v) is 12.6. The van der Waals surface area contributed by atoms with Gasteiger partial charge in [0, 0.05) is 24.7 Å². The van der Waals surface area contributed by atoms with Crippen molar-refractivity contribution < 1.29 is 4.74 Å². The van der Waals surface area contributed by atoms with Gasteiger partial charge in [0.1, 0.15) is 0 Å². The number of aromatic nitrogens is 1. The summed E-state index contributed by atoms with van der Waals surface area (Å²) in [6.07, 6.45) is 8.93. The van der Waals surface area contributed by atoms with E-state index in [1.165, 1.54) is 43.1 Å². The Balaban J connectivity index is 1.44. The Labute approximate surface area is 126 Å². The highest BCUT2D eigenvalue weighted by Crippen LogP contribution is 2.20. The number of para-hydroxylation sites is 1. The second-order valence-electron chi connectivity index (χ2n) is 5.79. The van der Waals surface area contributed by atoms with Gasteiger partial charge in [0.25, 0.3) is 0 Å². The molecule has 112 valence electrons. The van der Waals surface area contributed by atoms with Gasteiger partial charge >= 0.3 is 0 Å². The molecule has 0 atom stereocenters. The zero-order chi connectivity index (χ0) is 14.3. The van der Waals surface area contributed by atoms with Crippen LogP contribution in [-0.2, 0) is 11.3 Å². The van der Waals surface area contributed by atoms with Crippen molar-refractivity contribution in [2.24, 2.45) is 0 Å². The van der Waals surface area contributed by atoms with E-state index in [9.17, 15) is 0 Å². The van der Waals surface area contributed by atoms with E-state index in [2.05, 4.69) is 34.6 Å². The molecule has 1 aliphatic carbocycles. The SMILES string of the molecule is c1ccc2c(CNCCOC3CCCCC3)ccnc2c1. The molecule has 1 heterocycles. The van der Waals surface area contributed by atoms with Crippen LogP contribution in [0.1, 0.15) is 37.7 Å². The molecular weight excluding hydrogens is 260 g/mol. The Hall–Kier alpha value is -1.45. The predicted octanol–water partition coefficient (Wildman–Crippen LogP) is 3.67. The molecule has 1 aromatic carbocycles. The molecular formula is C18H24N2O. The van der Waals surface area contributed by atoms with E-state index in [4.69, 9.17) is 4.74 Å². The number of nitrogens with one attached hydrogen (secondary N) is 1. The van der Waals surface area contributed by atoms with Crippen molar-refractivity contribution in [1.82, 2.24) is 10.3 Å². The summed E-state index contributed by atoms with van der Waals surface area (Å²) in [7, 11) is 0. The van der Waals surface area contributed by atoms with Gasteiger partial charge in [-0.05, 0) is 30.5 Å². The van der Waals surface area contributed by atoms with E-state index in [-0.39, 0.29) is 0 Å². The van der Waals surface area contributed by atoms with E-state index in [1.807, 2.05) is 12.3 Å². The molecule has 1 aliphatic rings. The van der Waals surface area contributed by atoms with E-state index in [0.29, 0.717) is 6.10 Å². The van der Waals surface area contributed by atoms with Crippen LogP contribution in [0.25, 0.3) is 10.9 Å². The highest BCUT2D eigenvalue weighted by Gasteiger charge is 2.12. The highest BCUT2D eigenvalue weighted by molar-refractivity contribution is 5.81. The summed E-state index contributed by atoms with van der Waals surface area (Å²) in [5.74, 6) is 0. The van der Waals surface area contributed by atoms with Crippen molar-refractivity contribution >= 4 is 10.9 Å². The van der Waals surface area contributed by atoms with Gasteiger partial charge in [-0.25, -0.2) is 0 Å². The summed E-state index contributed by atoms with van der Waals surface area (Å²) in [6.45, 7) is 2.60. The molecule has 1 N–H and O–H groups in total. The van der Waals surface area contributed by atoms with Crippen LogP contribution in [-0.4, -0.2) is 24.2 Å². The van der Waals surface area contributed by atoms with Gasteiger partial charge in [-0.1, -0.05) is 37.5 Å². The lowest BCUT2D eigenvalue weighted by molar-refractivity contribution is 0.0302. The van der Waals surface area contributed by atoms with Crippen LogP contribution in [0.2, 0.25) is 0 Å². The lowest BCUT2D eigenvalue weighted by atomic mass is 9.98. The maximum atomic E-state index is 5.93. The molecule has 0 aliphatic heterocycles. The molecule has 3 heteroatoms. The predicted molar refractivity (Wildman–Crippen MR) is 86.3 cm³/mol. The van der Waals surface area contributed by atoms with E-state index in [1.54, 1.807) is 0 Å². The summed E-state index contributed by atoms with van der Waals surface area (Å²) in [6, 6.07) is 10.4. The number of ether oxygens (including phenoxy) is 1. The lowest BCUT2D eigenvalue weighted by Crippen LogP contribution is -2.24. The fourth-order valence-electron chi connectivity index (χ4n) is 3.06. The van der Waals surface area contributed by atoms with Crippen molar-refractivity contribution in [3.8, 4) is 0 Å². The van der Waals surface area contributed by atoms with Gasteiger partial charge in [0.15, 0.2) is 0 Å². The first-order chi connectivity index (χ1) is 10.4. The Bertz CT molecular complexity index is 559. The van der Waals surface area contributed by atoms with Gasteiger partial charge in [0.2, 0.25) is 0 Å². The molecule has 0 radical (unpaired) electrons. The molecule has 1 fully saturated rings. The van der Waals surface area contributed by atoms with Gasteiger partial charge in [-0.15, -0.1) is 0 Å². The Morgan fingerprint density at radius 2 is 1.95 bits per heavy atom. The molecule has 3 nitrogen and oxygen atoms in total. The van der Waals surface area contributed by atoms with Crippen molar-refractivity contribution in [3.63, 3.8) is 0 Å². The first-order valence-electron chi connectivity index (χ1n) is 8.08. The van der Waals surface area contributed by atoms with Crippen molar-refractivity contribution in [1.29, 1.82) is 0 Å². The molecule has 1 saturated carbocycles. The minimum Gasteiger partial charge on any atom is -0.377 e. The number of nitrogens with zero attached hydrogens (tertiary/aromatic N) is 1. The van der Waals surface area contributed by atoms with Crippen molar-refractivity contribution in [2.75, 3.05) is 13.2 Å². The zero-order valence-electron chi connectivity index (χ0n) is 12.6. The Morgan fingerprint density at radius 3 is 2.86 bits per heavy atom. The van der Waals surface area contributed by atoms with E-state index >= 15 is 0 Å². The van der Waals surface area contributed by atoms with Crippen LogP contribution in [0.5, 0.6) is 0 Å². The fourth-order valence-corrected chi connectivity index (χ4v) is 3.06. The lowest BCUT2D eigenvalue weighted by Gasteiger charge is -2.22. The standard InChI is InChI=1S/C18H24N2O/c1-2-6-16(7-3-1)21-13-12-19-14-15-10-11-20-18-9-5-4-8-17(15)18/h4-5,8-11,16,19H,1-3,6-7,12-14H2. The second kappa shape index (κ2) is 7.53. The number of hydrogen-bond donors (Lipinski definition) is 1. The molecule has 3 rings (SSSR count). The maximum absolute atomic E-state index is 5.93. The fraction of sp³-hybridized carbons (Fsp3) is 0.500. The van der Waals surface area contributed by atoms with E-state index < -0.39 is 0 Å². The topological polar surface area (TPSA) is 34.1 Å². The number of fused-ring (bicyclic) bond motifs is 1. The van der Waals surface area contributed by atoms with Gasteiger partial charge in [-0.3, -0.25) is 4.98 Å². The normalized spacial score (nSPS) is 16.4. The third-order valence-corrected chi connectivity index (χ3v) is 4.24. The first-order valence-corrected chi connectivity index (χ1v) is 8.08. The van der Waals surface area contributed by atoms with Crippen LogP contribution < -0.4 is 5.32 Å². The molecule has 2 aromatic rings. The summed E-state index contributed by atoms with van der Waals surface area (Å²) in [5, 5.41) is 4.72. The molecule has 21 heavy (non-hydrogen) atoms. The van der Waals surface area contributed by atoms with Crippen LogP contribution in [0.3, 0.4) is 0 Å². The summed E-state index contributed by atoms with van der Waals surface area (Å²) in [5.41, 5.74) is 2.37. The molecule has 0 amide bonds. The quantitative estimate of drug-likeness (QED) is 0.822. The first kappa shape index (κ1) is 14.5. The monoisotopic (exact) mass is 284 g/mol. The minimum atomic E-state index is 0.502. The Kier molecular flexibility index (Phi) is 5.19. The Morgan fingerprint density at radius 1 is 1.10 bits per heavy atom. The van der Waals surface area contributed by atoms with Crippen molar-refractivity contribution in [2.45, 2.75) is 44.8 Å². The molecule has 0 unspecified atom stereocenters. The average molecular weight is 284 g/mol. The summed E-state index contributed by atoms with van der Waals surface area (Å²) < 4.78 is 5.93. The largest absolute Gasteiger partial charge is 0.377 e. The summed E-state index contributed by atoms with van der Waals surface area (Å²) in [4.78, 5) is 4.39. The number of pyridine rings is 1. The third kappa shape index (κ3) is 4.02. The number of hydrogen-bond acceptors (Lipinski definition) is 3. The van der Waals surface area contributed by atoms with Crippen LogP contribution in [0.4, 0.5) is 0 Å². The minimum absolute atomic E-state index is 0.502.